The van der Waals surface area contributed by atoms with E-state index in [4.69, 9.17) is 21.6 Å². The summed E-state index contributed by atoms with van der Waals surface area (Å²) in [6.07, 6.45) is -0.462. The number of ether oxygens (including phenoxy) is 1. The van der Waals surface area contributed by atoms with Crippen molar-refractivity contribution < 1.29 is 19.4 Å². The number of aliphatic hydroxyl groups excluding tert-OH is 1. The zero-order valence-electron chi connectivity index (χ0n) is 13.1. The molecule has 3 aliphatic heterocycles. The van der Waals surface area contributed by atoms with E-state index in [9.17, 15) is 14.7 Å². The second-order valence-electron chi connectivity index (χ2n) is 7.06. The van der Waals surface area contributed by atoms with E-state index in [1.165, 1.54) is 18.2 Å². The summed E-state index contributed by atoms with van der Waals surface area (Å²) >= 11 is 6.04. The number of nitrogens with zero attached hydrogens (tertiary/aromatic N) is 2. The number of carbonyl (C=O) groups is 2. The van der Waals surface area contributed by atoms with Crippen molar-refractivity contribution in [2.45, 2.75) is 37.6 Å². The SMILES string of the molecule is C[C@@]12O[C@@](C)(C[C@H]1O)[C@@H]1C(=O)N(c3ccc(C#N)c(Cl)c3)C(=O)[C@@H]12. The molecule has 0 spiro atoms. The van der Waals surface area contributed by atoms with Crippen LogP contribution in [0.3, 0.4) is 0 Å². The maximum Gasteiger partial charge on any atom is 0.240 e. The summed E-state index contributed by atoms with van der Waals surface area (Å²) in [5.41, 5.74) is -1.30. The molecule has 124 valence electrons. The average molecular weight is 347 g/mol. The van der Waals surface area contributed by atoms with Crippen LogP contribution in [0, 0.1) is 23.2 Å². The molecule has 1 aromatic rings. The fraction of sp³-hybridized carbons (Fsp3) is 0.471. The van der Waals surface area contributed by atoms with Crippen molar-refractivity contribution >= 4 is 29.1 Å². The standard InChI is InChI=1S/C17H15ClN2O4/c1-16-6-11(21)17(2,24-16)13-12(16)14(22)20(15(13)23)9-4-3-8(7-19)10(18)5-9/h3-5,11-13,21H,6H2,1-2H3/t11-,12+,13-,16+,17-/m1/s1. The molecule has 1 aromatic carbocycles. The summed E-state index contributed by atoms with van der Waals surface area (Å²) in [7, 11) is 0. The zero-order chi connectivity index (χ0) is 17.4. The molecule has 2 amide bonds. The molecular formula is C17H15ClN2O4. The zero-order valence-corrected chi connectivity index (χ0v) is 13.9. The van der Waals surface area contributed by atoms with E-state index in [2.05, 4.69) is 0 Å². The number of benzene rings is 1. The van der Waals surface area contributed by atoms with Crippen LogP contribution < -0.4 is 4.90 Å². The molecule has 3 heterocycles. The smallest absolute Gasteiger partial charge is 0.240 e. The van der Waals surface area contributed by atoms with E-state index in [1.54, 1.807) is 13.8 Å². The molecule has 3 aliphatic rings. The number of carbonyl (C=O) groups excluding carboxylic acids is 2. The van der Waals surface area contributed by atoms with Gasteiger partial charge >= 0.3 is 0 Å². The second kappa shape index (κ2) is 4.57. The van der Waals surface area contributed by atoms with E-state index in [0.717, 1.165) is 4.90 Å². The van der Waals surface area contributed by atoms with Gasteiger partial charge in [-0.1, -0.05) is 11.6 Å². The van der Waals surface area contributed by atoms with Crippen molar-refractivity contribution in [1.29, 1.82) is 5.26 Å². The van der Waals surface area contributed by atoms with Crippen molar-refractivity contribution in [2.75, 3.05) is 4.90 Å². The van der Waals surface area contributed by atoms with Gasteiger partial charge in [-0.3, -0.25) is 9.59 Å². The third kappa shape index (κ3) is 1.67. The predicted octanol–water partition coefficient (Wildman–Crippen LogP) is 1.63. The number of imide groups is 1. The summed E-state index contributed by atoms with van der Waals surface area (Å²) < 4.78 is 5.92. The first kappa shape index (κ1) is 15.6. The van der Waals surface area contributed by atoms with Crippen LogP contribution in [0.2, 0.25) is 5.02 Å². The summed E-state index contributed by atoms with van der Waals surface area (Å²) in [6, 6.07) is 6.40. The monoisotopic (exact) mass is 346 g/mol. The topological polar surface area (TPSA) is 90.6 Å². The minimum absolute atomic E-state index is 0.185. The number of amides is 2. The molecule has 4 rings (SSSR count). The van der Waals surface area contributed by atoms with Crippen LogP contribution in [-0.4, -0.2) is 34.2 Å². The van der Waals surface area contributed by atoms with Gasteiger partial charge in [0.05, 0.1) is 39.8 Å². The summed E-state index contributed by atoms with van der Waals surface area (Å²) in [5, 5.41) is 19.4. The Morgan fingerprint density at radius 3 is 2.62 bits per heavy atom. The summed E-state index contributed by atoms with van der Waals surface area (Å²) in [6.45, 7) is 3.46. The number of nitriles is 1. The Labute approximate surface area is 143 Å². The van der Waals surface area contributed by atoms with Crippen molar-refractivity contribution in [3.05, 3.63) is 28.8 Å². The van der Waals surface area contributed by atoms with Gasteiger partial charge in [-0.25, -0.2) is 4.90 Å². The van der Waals surface area contributed by atoms with E-state index in [1.807, 2.05) is 6.07 Å². The highest BCUT2D eigenvalue weighted by atomic mass is 35.5. The normalized spacial score (nSPS) is 40.1. The van der Waals surface area contributed by atoms with Crippen LogP contribution in [0.1, 0.15) is 25.8 Å². The number of halogens is 1. The molecule has 2 bridgehead atoms. The van der Waals surface area contributed by atoms with Crippen molar-refractivity contribution in [2.24, 2.45) is 11.8 Å². The highest BCUT2D eigenvalue weighted by Gasteiger charge is 2.75. The van der Waals surface area contributed by atoms with E-state index < -0.39 is 35.0 Å². The third-order valence-corrected chi connectivity index (χ3v) is 5.94. The Kier molecular flexibility index (Phi) is 2.97. The highest BCUT2D eigenvalue weighted by molar-refractivity contribution is 6.32. The van der Waals surface area contributed by atoms with Crippen LogP contribution in [-0.2, 0) is 14.3 Å². The minimum Gasteiger partial charge on any atom is -0.390 e. The summed E-state index contributed by atoms with van der Waals surface area (Å²) in [5.74, 6) is -2.07. The second-order valence-corrected chi connectivity index (χ2v) is 7.47. The highest BCUT2D eigenvalue weighted by Crippen LogP contribution is 2.60. The molecule has 7 heteroatoms. The molecule has 0 unspecified atom stereocenters. The molecule has 3 fully saturated rings. The summed E-state index contributed by atoms with van der Waals surface area (Å²) in [4.78, 5) is 27.0. The molecule has 0 radical (unpaired) electrons. The van der Waals surface area contributed by atoms with E-state index in [0.29, 0.717) is 12.1 Å². The molecule has 1 N–H and O–H groups in total. The van der Waals surface area contributed by atoms with E-state index >= 15 is 0 Å². The van der Waals surface area contributed by atoms with Gasteiger partial charge in [0.2, 0.25) is 11.8 Å². The molecule has 6 nitrogen and oxygen atoms in total. The van der Waals surface area contributed by atoms with Gasteiger partial charge in [-0.05, 0) is 32.0 Å². The number of fused-ring (bicyclic) bond motifs is 5. The van der Waals surface area contributed by atoms with Crippen LogP contribution in [0.25, 0.3) is 0 Å². The molecule has 3 saturated heterocycles. The molecule has 24 heavy (non-hydrogen) atoms. The lowest BCUT2D eigenvalue weighted by molar-refractivity contribution is -0.132. The van der Waals surface area contributed by atoms with Crippen LogP contribution in [0.15, 0.2) is 18.2 Å². The van der Waals surface area contributed by atoms with Gasteiger partial charge in [-0.2, -0.15) is 5.26 Å². The molecule has 0 aliphatic carbocycles. The van der Waals surface area contributed by atoms with Gasteiger partial charge < -0.3 is 9.84 Å². The number of hydrogen-bond donors (Lipinski definition) is 1. The largest absolute Gasteiger partial charge is 0.390 e. The first-order chi connectivity index (χ1) is 11.2. The maximum absolute atomic E-state index is 13.0. The Bertz CT molecular complexity index is 834. The lowest BCUT2D eigenvalue weighted by Gasteiger charge is -2.31. The number of aliphatic hydroxyl groups is 1. The Hall–Kier alpha value is -1.94. The van der Waals surface area contributed by atoms with Crippen molar-refractivity contribution in [3.8, 4) is 6.07 Å². The minimum atomic E-state index is -1.06. The van der Waals surface area contributed by atoms with Crippen LogP contribution in [0.4, 0.5) is 5.69 Å². The Balaban J connectivity index is 1.79. The maximum atomic E-state index is 13.0. The number of anilines is 1. The number of hydrogen-bond acceptors (Lipinski definition) is 5. The van der Waals surface area contributed by atoms with E-state index in [-0.39, 0.29) is 16.5 Å². The molecular weight excluding hydrogens is 332 g/mol. The van der Waals surface area contributed by atoms with Gasteiger partial charge in [0.15, 0.2) is 0 Å². The predicted molar refractivity (Wildman–Crippen MR) is 84.2 cm³/mol. The lowest BCUT2D eigenvalue weighted by Crippen LogP contribution is -2.49. The first-order valence-electron chi connectivity index (χ1n) is 7.68. The van der Waals surface area contributed by atoms with Gasteiger partial charge in [0, 0.05) is 6.42 Å². The Morgan fingerprint density at radius 2 is 2.00 bits per heavy atom. The number of rotatable bonds is 1. The van der Waals surface area contributed by atoms with Gasteiger partial charge in [0.1, 0.15) is 11.7 Å². The van der Waals surface area contributed by atoms with Crippen LogP contribution >= 0.6 is 11.6 Å². The van der Waals surface area contributed by atoms with Crippen LogP contribution in [0.5, 0.6) is 0 Å². The third-order valence-electron chi connectivity index (χ3n) is 5.63. The van der Waals surface area contributed by atoms with Gasteiger partial charge in [0.25, 0.3) is 0 Å². The van der Waals surface area contributed by atoms with Crippen molar-refractivity contribution in [3.63, 3.8) is 0 Å². The van der Waals surface area contributed by atoms with Gasteiger partial charge in [-0.15, -0.1) is 0 Å². The Morgan fingerprint density at radius 1 is 1.33 bits per heavy atom. The fourth-order valence-corrected chi connectivity index (χ4v) is 4.73. The quantitative estimate of drug-likeness (QED) is 0.780. The fourth-order valence-electron chi connectivity index (χ4n) is 4.51. The molecule has 0 aromatic heterocycles. The lowest BCUT2D eigenvalue weighted by atomic mass is 9.67. The molecule has 5 atom stereocenters. The first-order valence-corrected chi connectivity index (χ1v) is 8.06. The van der Waals surface area contributed by atoms with Crippen molar-refractivity contribution in [1.82, 2.24) is 0 Å². The molecule has 0 saturated carbocycles. The average Bonchev–Trinajstić information content (AvgIpc) is 3.01.